The van der Waals surface area contributed by atoms with Crippen molar-refractivity contribution in [1.29, 1.82) is 0 Å². The number of thioether (sulfide) groups is 1. The second-order valence-corrected chi connectivity index (χ2v) is 11.1. The van der Waals surface area contributed by atoms with Gasteiger partial charge in [-0.15, -0.1) is 11.8 Å². The molecule has 0 saturated carbocycles. The fourth-order valence-corrected chi connectivity index (χ4v) is 6.34. The number of carbonyl (C=O) groups excluding carboxylic acids is 1. The number of thiazole rings is 1. The molecule has 0 aliphatic carbocycles. The van der Waals surface area contributed by atoms with Crippen LogP contribution in [0.25, 0.3) is 10.2 Å². The van der Waals surface area contributed by atoms with Gasteiger partial charge in [-0.25, -0.2) is 4.98 Å². The second kappa shape index (κ2) is 12.7. The maximum atomic E-state index is 13.4. The minimum Gasteiger partial charge on any atom is -0.497 e. The van der Waals surface area contributed by atoms with Crippen LogP contribution >= 0.6 is 23.1 Å². The highest BCUT2D eigenvalue weighted by Gasteiger charge is 2.21. The Kier molecular flexibility index (Phi) is 9.43. The number of fused-ring (bicyclic) bond motifs is 1. The van der Waals surface area contributed by atoms with Crippen molar-refractivity contribution < 1.29 is 14.3 Å². The average Bonchev–Trinajstić information content (AvgIpc) is 3.29. The van der Waals surface area contributed by atoms with Gasteiger partial charge in [0.05, 0.1) is 30.5 Å². The smallest absolute Gasteiger partial charge is 0.228 e. The molecule has 1 aliphatic heterocycles. The molecule has 4 rings (SSSR count). The number of carbonyl (C=O) groups is 1. The van der Waals surface area contributed by atoms with Crippen molar-refractivity contribution in [2.24, 2.45) is 0 Å². The van der Waals surface area contributed by atoms with Crippen LogP contribution < -0.4 is 9.64 Å². The maximum absolute atomic E-state index is 13.4. The zero-order valence-corrected chi connectivity index (χ0v) is 22.6. The normalized spacial score (nSPS) is 14.4. The molecule has 0 unspecified atom stereocenters. The van der Waals surface area contributed by atoms with Gasteiger partial charge in [0.2, 0.25) is 5.91 Å². The number of anilines is 1. The third-order valence-corrected chi connectivity index (χ3v) is 8.30. The van der Waals surface area contributed by atoms with Crippen LogP contribution in [0.2, 0.25) is 0 Å². The number of aromatic nitrogens is 1. The van der Waals surface area contributed by atoms with Crippen LogP contribution in [0.3, 0.4) is 0 Å². The highest BCUT2D eigenvalue weighted by Crippen LogP contribution is 2.32. The van der Waals surface area contributed by atoms with E-state index in [1.807, 2.05) is 17.0 Å². The van der Waals surface area contributed by atoms with Crippen LogP contribution in [0.1, 0.15) is 30.4 Å². The average molecular weight is 514 g/mol. The Bertz CT molecular complexity index is 1110. The van der Waals surface area contributed by atoms with Crippen molar-refractivity contribution in [2.75, 3.05) is 57.2 Å². The lowest BCUT2D eigenvalue weighted by Crippen LogP contribution is -2.39. The molecule has 3 aromatic rings. The van der Waals surface area contributed by atoms with E-state index in [0.717, 1.165) is 72.5 Å². The zero-order valence-electron chi connectivity index (χ0n) is 20.9. The number of ether oxygens (including phenoxy) is 2. The van der Waals surface area contributed by atoms with Gasteiger partial charge >= 0.3 is 0 Å². The van der Waals surface area contributed by atoms with Gasteiger partial charge in [-0.2, -0.15) is 0 Å². The number of methoxy groups -OCH3 is 1. The van der Waals surface area contributed by atoms with Gasteiger partial charge in [-0.3, -0.25) is 14.6 Å². The van der Waals surface area contributed by atoms with E-state index in [0.29, 0.717) is 13.0 Å². The lowest BCUT2D eigenvalue weighted by atomic mass is 10.1. The lowest BCUT2D eigenvalue weighted by Gasteiger charge is -2.27. The van der Waals surface area contributed by atoms with Crippen LogP contribution in [-0.2, 0) is 9.53 Å². The Hall–Kier alpha value is -2.13. The van der Waals surface area contributed by atoms with Gasteiger partial charge in [0.1, 0.15) is 5.75 Å². The van der Waals surface area contributed by atoms with E-state index in [4.69, 9.17) is 14.5 Å². The summed E-state index contributed by atoms with van der Waals surface area (Å²) in [6.07, 6.45) is 2.29. The third-order valence-electron chi connectivity index (χ3n) is 6.17. The van der Waals surface area contributed by atoms with E-state index in [-0.39, 0.29) is 5.91 Å². The van der Waals surface area contributed by atoms with Crippen molar-refractivity contribution >= 4 is 44.4 Å². The predicted molar refractivity (Wildman–Crippen MR) is 146 cm³/mol. The number of benzene rings is 2. The lowest BCUT2D eigenvalue weighted by molar-refractivity contribution is -0.118. The molecular formula is C27H35N3O3S2. The molecule has 1 saturated heterocycles. The molecule has 2 heterocycles. The van der Waals surface area contributed by atoms with Gasteiger partial charge in [-0.05, 0) is 73.9 Å². The van der Waals surface area contributed by atoms with Gasteiger partial charge in [0.25, 0.3) is 0 Å². The summed E-state index contributed by atoms with van der Waals surface area (Å²) >= 11 is 3.41. The first-order chi connectivity index (χ1) is 17.0. The Morgan fingerprint density at radius 2 is 1.94 bits per heavy atom. The summed E-state index contributed by atoms with van der Waals surface area (Å²) in [6, 6.07) is 12.4. The number of morpholine rings is 1. The molecule has 1 fully saturated rings. The molecule has 1 aromatic heterocycles. The first kappa shape index (κ1) is 25.9. The topological polar surface area (TPSA) is 54.9 Å². The summed E-state index contributed by atoms with van der Waals surface area (Å²) in [7, 11) is 1.67. The first-order valence-electron chi connectivity index (χ1n) is 12.3. The Balaban J connectivity index is 1.38. The SMILES string of the molecule is COc1ccc(SCCCC(=O)N(CCCN2CCOCC2)c2nc3c(C)cc(C)cc3s2)cc1. The van der Waals surface area contributed by atoms with Crippen LogP contribution in [0.15, 0.2) is 41.3 Å². The minimum absolute atomic E-state index is 0.163. The Labute approximate surface area is 216 Å². The molecule has 0 atom stereocenters. The van der Waals surface area contributed by atoms with Crippen molar-refractivity contribution in [1.82, 2.24) is 9.88 Å². The summed E-state index contributed by atoms with van der Waals surface area (Å²) in [5.74, 6) is 1.92. The fraction of sp³-hybridized carbons (Fsp3) is 0.481. The molecule has 0 bridgehead atoms. The molecule has 6 nitrogen and oxygen atoms in total. The second-order valence-electron chi connectivity index (χ2n) is 8.91. The van der Waals surface area contributed by atoms with Crippen molar-refractivity contribution in [3.8, 4) is 5.75 Å². The van der Waals surface area contributed by atoms with Crippen molar-refractivity contribution in [2.45, 2.75) is 38.0 Å². The Morgan fingerprint density at radius 1 is 1.17 bits per heavy atom. The summed E-state index contributed by atoms with van der Waals surface area (Å²) in [5.41, 5.74) is 3.40. The number of nitrogens with zero attached hydrogens (tertiary/aromatic N) is 3. The quantitative estimate of drug-likeness (QED) is 0.248. The number of hydrogen-bond acceptors (Lipinski definition) is 7. The maximum Gasteiger partial charge on any atom is 0.228 e. The molecule has 0 radical (unpaired) electrons. The first-order valence-corrected chi connectivity index (χ1v) is 14.1. The van der Waals surface area contributed by atoms with Gasteiger partial charge in [0, 0.05) is 37.5 Å². The van der Waals surface area contributed by atoms with E-state index < -0.39 is 0 Å². The third kappa shape index (κ3) is 7.19. The van der Waals surface area contributed by atoms with Crippen molar-refractivity contribution in [3.05, 3.63) is 47.5 Å². The summed E-state index contributed by atoms with van der Waals surface area (Å²) < 4.78 is 11.8. The summed E-state index contributed by atoms with van der Waals surface area (Å²) in [6.45, 7) is 9.41. The monoisotopic (exact) mass is 513 g/mol. The van der Waals surface area contributed by atoms with E-state index in [2.05, 4.69) is 43.0 Å². The molecule has 0 N–H and O–H groups in total. The number of rotatable bonds is 11. The Morgan fingerprint density at radius 3 is 2.69 bits per heavy atom. The van der Waals surface area contributed by atoms with Crippen molar-refractivity contribution in [3.63, 3.8) is 0 Å². The highest BCUT2D eigenvalue weighted by molar-refractivity contribution is 7.99. The number of aryl methyl sites for hydroxylation is 2. The molecule has 188 valence electrons. The number of amides is 1. The largest absolute Gasteiger partial charge is 0.497 e. The van der Waals surface area contributed by atoms with Gasteiger partial charge in [0.15, 0.2) is 5.13 Å². The van der Waals surface area contributed by atoms with Gasteiger partial charge in [-0.1, -0.05) is 17.4 Å². The predicted octanol–water partition coefficient (Wildman–Crippen LogP) is 5.55. The van der Waals surface area contributed by atoms with E-state index in [1.165, 1.54) is 16.0 Å². The molecule has 2 aromatic carbocycles. The van der Waals surface area contributed by atoms with Crippen LogP contribution in [0.5, 0.6) is 5.75 Å². The molecule has 8 heteroatoms. The van der Waals surface area contributed by atoms with E-state index >= 15 is 0 Å². The number of hydrogen-bond donors (Lipinski definition) is 0. The van der Waals surface area contributed by atoms with E-state index in [9.17, 15) is 4.79 Å². The molecule has 35 heavy (non-hydrogen) atoms. The molecule has 1 aliphatic rings. The highest BCUT2D eigenvalue weighted by atomic mass is 32.2. The van der Waals surface area contributed by atoms with Gasteiger partial charge < -0.3 is 9.47 Å². The standard InChI is InChI=1S/C27H35N3O3S2/c1-20-18-21(2)26-24(19-20)35-27(28-26)30(12-5-11-29-13-15-33-16-14-29)25(31)6-4-17-34-23-9-7-22(32-3)8-10-23/h7-10,18-19H,4-6,11-17H2,1-3H3. The summed E-state index contributed by atoms with van der Waals surface area (Å²) in [4.78, 5) is 23.8. The minimum atomic E-state index is 0.163. The van der Waals surface area contributed by atoms with E-state index in [1.54, 1.807) is 30.2 Å². The van der Waals surface area contributed by atoms with Crippen LogP contribution in [0.4, 0.5) is 5.13 Å². The fourth-order valence-electron chi connectivity index (χ4n) is 4.30. The zero-order chi connectivity index (χ0) is 24.6. The molecule has 0 spiro atoms. The molecule has 1 amide bonds. The summed E-state index contributed by atoms with van der Waals surface area (Å²) in [5, 5.41) is 0.823. The van der Waals surface area contributed by atoms with Crippen LogP contribution in [0, 0.1) is 13.8 Å². The van der Waals surface area contributed by atoms with Crippen LogP contribution in [-0.4, -0.2) is 68.0 Å². The molecular weight excluding hydrogens is 478 g/mol.